The molecule has 9 heteroatoms. The second kappa shape index (κ2) is 10.1. The highest BCUT2D eigenvalue weighted by molar-refractivity contribution is 6.05. The van der Waals surface area contributed by atoms with Gasteiger partial charge < -0.3 is 14.5 Å². The van der Waals surface area contributed by atoms with Crippen LogP contribution in [0.5, 0.6) is 5.75 Å². The molecule has 2 aromatic carbocycles. The van der Waals surface area contributed by atoms with E-state index in [9.17, 15) is 0 Å². The van der Waals surface area contributed by atoms with E-state index in [1.807, 2.05) is 54.6 Å². The van der Waals surface area contributed by atoms with Crippen molar-refractivity contribution in [2.24, 2.45) is 0 Å². The average molecular weight is 456 g/mol. The molecular formula is C25H25N7O2. The summed E-state index contributed by atoms with van der Waals surface area (Å²) in [6.07, 6.45) is 5.44. The van der Waals surface area contributed by atoms with E-state index in [1.54, 1.807) is 7.11 Å². The smallest absolute Gasteiger partial charge is 0.232 e. The number of benzene rings is 2. The van der Waals surface area contributed by atoms with Crippen LogP contribution >= 0.6 is 0 Å². The van der Waals surface area contributed by atoms with Crippen LogP contribution in [0, 0.1) is 0 Å². The molecule has 0 radical (unpaired) electrons. The summed E-state index contributed by atoms with van der Waals surface area (Å²) < 4.78 is 11.6. The van der Waals surface area contributed by atoms with Crippen LogP contribution in [-0.4, -0.2) is 44.2 Å². The second-order valence-corrected chi connectivity index (χ2v) is 7.89. The van der Waals surface area contributed by atoms with Crippen LogP contribution in [0.3, 0.4) is 0 Å². The molecule has 0 aliphatic heterocycles. The number of methoxy groups -OCH3 is 1. The van der Waals surface area contributed by atoms with Crippen LogP contribution in [0.1, 0.15) is 25.1 Å². The number of rotatable bonds is 10. The molecule has 0 saturated heterocycles. The van der Waals surface area contributed by atoms with Crippen molar-refractivity contribution >= 4 is 16.9 Å². The number of nitrogens with one attached hydrogen (secondary N) is 2. The zero-order valence-corrected chi connectivity index (χ0v) is 18.9. The zero-order chi connectivity index (χ0) is 23.2. The Bertz CT molecular complexity index is 1330. The number of hydrogen-bond donors (Lipinski definition) is 2. The van der Waals surface area contributed by atoms with Crippen molar-refractivity contribution in [2.45, 2.75) is 25.7 Å². The van der Waals surface area contributed by atoms with E-state index in [1.165, 1.54) is 6.33 Å². The van der Waals surface area contributed by atoms with Crippen molar-refractivity contribution in [3.05, 3.63) is 66.7 Å². The first kappa shape index (κ1) is 21.6. The maximum atomic E-state index is 6.28. The number of tetrazole rings is 1. The monoisotopic (exact) mass is 455 g/mol. The molecule has 5 aromatic rings. The topological polar surface area (TPSA) is 115 Å². The van der Waals surface area contributed by atoms with Crippen molar-refractivity contribution < 1.29 is 9.15 Å². The number of fused-ring (bicyclic) bond motifs is 1. The molecule has 2 N–H and O–H groups in total. The molecule has 0 spiro atoms. The summed E-state index contributed by atoms with van der Waals surface area (Å²) in [6.45, 7) is 0.786. The molecule has 3 heterocycles. The lowest BCUT2D eigenvalue weighted by molar-refractivity contribution is 0.415. The van der Waals surface area contributed by atoms with Gasteiger partial charge in [0.1, 0.15) is 29.5 Å². The predicted molar refractivity (Wildman–Crippen MR) is 129 cm³/mol. The molecule has 34 heavy (non-hydrogen) atoms. The van der Waals surface area contributed by atoms with E-state index in [0.29, 0.717) is 5.71 Å². The van der Waals surface area contributed by atoms with Crippen molar-refractivity contribution in [1.82, 2.24) is 30.6 Å². The maximum absolute atomic E-state index is 6.28. The maximum Gasteiger partial charge on any atom is 0.232 e. The minimum absolute atomic E-state index is 0.556. The van der Waals surface area contributed by atoms with Crippen molar-refractivity contribution in [2.75, 3.05) is 19.0 Å². The molecule has 0 unspecified atom stereocenters. The fourth-order valence-corrected chi connectivity index (χ4v) is 3.98. The van der Waals surface area contributed by atoms with Crippen LogP contribution in [0.15, 0.2) is 65.3 Å². The standard InChI is InChI=1S/C25H25N7O2/c1-33-19-13-11-17(12-14-19)21-22-24(26-15-7-3-6-10-20-29-31-32-30-20)27-16-28-25(22)34-23(21)18-8-4-2-5-9-18/h2,4-5,8-9,11-14,16H,3,6-7,10,15H2,1H3,(H,26,27,28)(H,29,30,31,32). The quantitative estimate of drug-likeness (QED) is 0.286. The Morgan fingerprint density at radius 2 is 1.79 bits per heavy atom. The van der Waals surface area contributed by atoms with Gasteiger partial charge in [0.05, 0.1) is 12.5 Å². The highest BCUT2D eigenvalue weighted by Crippen LogP contribution is 2.42. The van der Waals surface area contributed by atoms with Gasteiger partial charge in [-0.25, -0.2) is 15.1 Å². The summed E-state index contributed by atoms with van der Waals surface area (Å²) in [5.41, 5.74) is 3.51. The molecule has 0 atom stereocenters. The minimum atomic E-state index is 0.556. The van der Waals surface area contributed by atoms with E-state index < -0.39 is 0 Å². The van der Waals surface area contributed by atoms with E-state index in [4.69, 9.17) is 9.15 Å². The van der Waals surface area contributed by atoms with E-state index in [-0.39, 0.29) is 0 Å². The molecule has 0 fully saturated rings. The lowest BCUT2D eigenvalue weighted by Crippen LogP contribution is -2.04. The summed E-state index contributed by atoms with van der Waals surface area (Å²) in [6, 6.07) is 18.0. The van der Waals surface area contributed by atoms with Gasteiger partial charge in [-0.1, -0.05) is 48.9 Å². The first-order valence-corrected chi connectivity index (χ1v) is 11.3. The SMILES string of the molecule is COc1ccc(-c2c(-c3ccccc3)oc3ncnc(NCCCCCc4nnn[nH]4)c23)cc1. The molecule has 0 saturated carbocycles. The van der Waals surface area contributed by atoms with Crippen LogP contribution in [-0.2, 0) is 6.42 Å². The van der Waals surface area contributed by atoms with Gasteiger partial charge in [0.2, 0.25) is 5.71 Å². The summed E-state index contributed by atoms with van der Waals surface area (Å²) in [5.74, 6) is 3.15. The third-order valence-electron chi connectivity index (χ3n) is 5.67. The second-order valence-electron chi connectivity index (χ2n) is 7.89. The summed E-state index contributed by atoms with van der Waals surface area (Å²) in [7, 11) is 1.66. The predicted octanol–water partition coefficient (Wildman–Crippen LogP) is 4.90. The molecular weight excluding hydrogens is 430 g/mol. The van der Waals surface area contributed by atoms with Gasteiger partial charge in [-0.2, -0.15) is 0 Å². The Morgan fingerprint density at radius 1 is 0.941 bits per heavy atom. The van der Waals surface area contributed by atoms with Gasteiger partial charge in [-0.3, -0.25) is 0 Å². The zero-order valence-electron chi connectivity index (χ0n) is 18.9. The lowest BCUT2D eigenvalue weighted by atomic mass is 9.99. The van der Waals surface area contributed by atoms with E-state index in [2.05, 4.69) is 35.9 Å². The third-order valence-corrected chi connectivity index (χ3v) is 5.67. The molecule has 3 aromatic heterocycles. The summed E-state index contributed by atoms with van der Waals surface area (Å²) in [4.78, 5) is 8.98. The highest BCUT2D eigenvalue weighted by Gasteiger charge is 2.22. The van der Waals surface area contributed by atoms with Crippen molar-refractivity contribution in [1.29, 1.82) is 0 Å². The largest absolute Gasteiger partial charge is 0.497 e. The fraction of sp³-hybridized carbons (Fsp3) is 0.240. The fourth-order valence-electron chi connectivity index (χ4n) is 3.98. The van der Waals surface area contributed by atoms with Crippen LogP contribution in [0.2, 0.25) is 0 Å². The van der Waals surface area contributed by atoms with E-state index >= 15 is 0 Å². The van der Waals surface area contributed by atoms with Crippen molar-refractivity contribution in [3.8, 4) is 28.2 Å². The van der Waals surface area contributed by atoms with Crippen LogP contribution in [0.4, 0.5) is 5.82 Å². The number of ether oxygens (including phenoxy) is 1. The Kier molecular flexibility index (Phi) is 6.42. The van der Waals surface area contributed by atoms with Gasteiger partial charge in [-0.15, -0.1) is 5.10 Å². The molecule has 172 valence electrons. The normalized spacial score (nSPS) is 11.1. The Balaban J connectivity index is 1.42. The van der Waals surface area contributed by atoms with Gasteiger partial charge in [-0.05, 0) is 41.0 Å². The lowest BCUT2D eigenvalue weighted by Gasteiger charge is -2.09. The van der Waals surface area contributed by atoms with E-state index in [0.717, 1.165) is 77.5 Å². The highest BCUT2D eigenvalue weighted by atomic mass is 16.5. The Morgan fingerprint density at radius 3 is 2.56 bits per heavy atom. The number of hydrogen-bond acceptors (Lipinski definition) is 8. The molecule has 0 aliphatic rings. The van der Waals surface area contributed by atoms with Crippen LogP contribution < -0.4 is 10.1 Å². The van der Waals surface area contributed by atoms with Gasteiger partial charge in [0.15, 0.2) is 0 Å². The number of nitrogens with zero attached hydrogens (tertiary/aromatic N) is 5. The molecule has 0 aliphatic carbocycles. The molecule has 0 bridgehead atoms. The Hall–Kier alpha value is -4.27. The summed E-state index contributed by atoms with van der Waals surface area (Å²) in [5, 5.41) is 18.3. The number of H-pyrrole nitrogens is 1. The minimum Gasteiger partial charge on any atom is -0.497 e. The molecule has 0 amide bonds. The number of anilines is 1. The number of furan rings is 1. The van der Waals surface area contributed by atoms with Gasteiger partial charge >= 0.3 is 0 Å². The van der Waals surface area contributed by atoms with Gasteiger partial charge in [0.25, 0.3) is 0 Å². The third kappa shape index (κ3) is 4.59. The molecule has 5 rings (SSSR count). The van der Waals surface area contributed by atoms with Crippen LogP contribution in [0.25, 0.3) is 33.6 Å². The Labute approximate surface area is 196 Å². The number of aromatic nitrogens is 6. The first-order valence-electron chi connectivity index (χ1n) is 11.3. The van der Waals surface area contributed by atoms with Crippen molar-refractivity contribution in [3.63, 3.8) is 0 Å². The average Bonchev–Trinajstić information content (AvgIpc) is 3.55. The number of aromatic amines is 1. The van der Waals surface area contributed by atoms with Gasteiger partial charge in [0, 0.05) is 24.1 Å². The number of unbranched alkanes of at least 4 members (excludes halogenated alkanes) is 2. The molecule has 9 nitrogen and oxygen atoms in total. The summed E-state index contributed by atoms with van der Waals surface area (Å²) >= 11 is 0. The first-order chi connectivity index (χ1) is 16.8. The number of aryl methyl sites for hydroxylation is 1.